The van der Waals surface area contributed by atoms with E-state index in [-0.39, 0.29) is 15.8 Å². The number of hydrogen-bond donors (Lipinski definition) is 0. The number of benzene rings is 1. The first kappa shape index (κ1) is 17.8. The van der Waals surface area contributed by atoms with Crippen molar-refractivity contribution in [3.63, 3.8) is 0 Å². The minimum absolute atomic E-state index is 0.00880. The Morgan fingerprint density at radius 2 is 1.71 bits per heavy atom. The third-order valence-electron chi connectivity index (χ3n) is 4.30. The lowest BCUT2D eigenvalue weighted by molar-refractivity contribution is -0.0913. The summed E-state index contributed by atoms with van der Waals surface area (Å²) in [7, 11) is -7.30. The number of hydrogen-bond acceptors (Lipinski definition) is 6. The Labute approximate surface area is 142 Å². The summed E-state index contributed by atoms with van der Waals surface area (Å²) in [6.07, 6.45) is 2.83. The molecule has 9 heteroatoms. The largest absolute Gasteiger partial charge is 0.349 e. The first-order chi connectivity index (χ1) is 11.3. The molecule has 2 fully saturated rings. The number of ether oxygens (including phenoxy) is 2. The van der Waals surface area contributed by atoms with Gasteiger partial charge in [0.25, 0.3) is 0 Å². The van der Waals surface area contributed by atoms with Gasteiger partial charge in [0.1, 0.15) is 0 Å². The molecule has 0 unspecified atom stereocenters. The average Bonchev–Trinajstić information content (AvgIpc) is 3.08. The molecule has 134 valence electrons. The van der Waals surface area contributed by atoms with Crippen molar-refractivity contribution < 1.29 is 26.3 Å². The topological polar surface area (TPSA) is 90.0 Å². The van der Waals surface area contributed by atoms with E-state index in [9.17, 15) is 16.8 Å². The van der Waals surface area contributed by atoms with Gasteiger partial charge in [-0.2, -0.15) is 4.31 Å². The van der Waals surface area contributed by atoms with Crippen molar-refractivity contribution in [1.82, 2.24) is 4.31 Å². The second kappa shape index (κ2) is 6.72. The SMILES string of the molecule is CS(=O)(=O)c1cccc(S(=O)(=O)N2CCCC[C@@H]2C2OCCO2)c1. The van der Waals surface area contributed by atoms with Gasteiger partial charge >= 0.3 is 0 Å². The zero-order chi connectivity index (χ0) is 17.4. The second-order valence-corrected chi connectivity index (χ2v) is 9.94. The second-order valence-electron chi connectivity index (χ2n) is 6.04. The van der Waals surface area contributed by atoms with Gasteiger partial charge < -0.3 is 9.47 Å². The highest BCUT2D eigenvalue weighted by molar-refractivity contribution is 7.91. The van der Waals surface area contributed by atoms with Gasteiger partial charge in [0.2, 0.25) is 10.0 Å². The van der Waals surface area contributed by atoms with Crippen LogP contribution in [0.2, 0.25) is 0 Å². The van der Waals surface area contributed by atoms with E-state index in [4.69, 9.17) is 9.47 Å². The lowest BCUT2D eigenvalue weighted by Gasteiger charge is -2.36. The molecule has 2 heterocycles. The monoisotopic (exact) mass is 375 g/mol. The number of piperidine rings is 1. The Morgan fingerprint density at radius 1 is 1.04 bits per heavy atom. The summed E-state index contributed by atoms with van der Waals surface area (Å²) in [6, 6.07) is 5.10. The van der Waals surface area contributed by atoms with Gasteiger partial charge in [0.15, 0.2) is 16.1 Å². The molecular weight excluding hydrogens is 354 g/mol. The fraction of sp³-hybridized carbons (Fsp3) is 0.600. The molecule has 1 atom stereocenters. The molecule has 3 rings (SSSR count). The van der Waals surface area contributed by atoms with Crippen LogP contribution in [0.15, 0.2) is 34.1 Å². The van der Waals surface area contributed by atoms with Crippen LogP contribution in [-0.2, 0) is 29.3 Å². The van der Waals surface area contributed by atoms with Crippen molar-refractivity contribution in [2.45, 2.75) is 41.4 Å². The fourth-order valence-electron chi connectivity index (χ4n) is 3.10. The van der Waals surface area contributed by atoms with E-state index >= 15 is 0 Å². The van der Waals surface area contributed by atoms with Crippen LogP contribution in [0.5, 0.6) is 0 Å². The molecule has 0 amide bonds. The Morgan fingerprint density at radius 3 is 2.38 bits per heavy atom. The van der Waals surface area contributed by atoms with Crippen LogP contribution < -0.4 is 0 Å². The third kappa shape index (κ3) is 3.50. The highest BCUT2D eigenvalue weighted by atomic mass is 32.2. The van der Waals surface area contributed by atoms with Crippen molar-refractivity contribution >= 4 is 19.9 Å². The van der Waals surface area contributed by atoms with E-state index < -0.39 is 26.2 Å². The summed E-state index contributed by atoms with van der Waals surface area (Å²) in [6.45, 7) is 1.29. The molecule has 0 saturated carbocycles. The molecule has 7 nitrogen and oxygen atoms in total. The Kier molecular flexibility index (Phi) is 4.99. The maximum Gasteiger partial charge on any atom is 0.243 e. The van der Waals surface area contributed by atoms with Crippen LogP contribution in [-0.4, -0.2) is 59.5 Å². The normalized spacial score (nSPS) is 24.3. The Balaban J connectivity index is 1.96. The van der Waals surface area contributed by atoms with Crippen LogP contribution >= 0.6 is 0 Å². The zero-order valence-electron chi connectivity index (χ0n) is 13.4. The number of rotatable bonds is 4. The van der Waals surface area contributed by atoms with E-state index in [1.807, 2.05) is 0 Å². The van der Waals surface area contributed by atoms with E-state index in [0.717, 1.165) is 19.1 Å². The molecule has 0 aromatic heterocycles. The molecule has 24 heavy (non-hydrogen) atoms. The predicted octanol–water partition coefficient (Wildman–Crippen LogP) is 1.01. The minimum atomic E-state index is -3.82. The molecule has 1 aromatic carbocycles. The summed E-state index contributed by atoms with van der Waals surface area (Å²) in [5.41, 5.74) is 0. The lowest BCUT2D eigenvalue weighted by Crippen LogP contribution is -2.50. The van der Waals surface area contributed by atoms with Crippen molar-refractivity contribution in [3.05, 3.63) is 24.3 Å². The first-order valence-electron chi connectivity index (χ1n) is 7.85. The van der Waals surface area contributed by atoms with Crippen LogP contribution in [0, 0.1) is 0 Å². The van der Waals surface area contributed by atoms with E-state index in [0.29, 0.717) is 26.2 Å². The molecule has 1 aromatic rings. The van der Waals surface area contributed by atoms with Gasteiger partial charge in [-0.1, -0.05) is 12.5 Å². The molecule has 0 spiro atoms. The van der Waals surface area contributed by atoms with E-state index in [1.54, 1.807) is 0 Å². The molecule has 0 N–H and O–H groups in total. The molecule has 2 aliphatic rings. The molecule has 2 aliphatic heterocycles. The van der Waals surface area contributed by atoms with Crippen LogP contribution in [0.3, 0.4) is 0 Å². The van der Waals surface area contributed by atoms with Gasteiger partial charge in [-0.25, -0.2) is 16.8 Å². The summed E-state index contributed by atoms with van der Waals surface area (Å²) >= 11 is 0. The van der Waals surface area contributed by atoms with Crippen molar-refractivity contribution in [2.75, 3.05) is 26.0 Å². The number of sulfonamides is 1. The zero-order valence-corrected chi connectivity index (χ0v) is 15.1. The predicted molar refractivity (Wildman–Crippen MR) is 86.8 cm³/mol. The van der Waals surface area contributed by atoms with Gasteiger partial charge in [-0.05, 0) is 31.0 Å². The quantitative estimate of drug-likeness (QED) is 0.780. The van der Waals surface area contributed by atoms with Gasteiger partial charge in [-0.3, -0.25) is 0 Å². The molecule has 0 aliphatic carbocycles. The van der Waals surface area contributed by atoms with Crippen molar-refractivity contribution in [3.8, 4) is 0 Å². The van der Waals surface area contributed by atoms with Crippen molar-refractivity contribution in [1.29, 1.82) is 0 Å². The molecule has 2 saturated heterocycles. The lowest BCUT2D eigenvalue weighted by atomic mass is 10.0. The molecule has 0 bridgehead atoms. The van der Waals surface area contributed by atoms with E-state index in [1.165, 1.54) is 28.6 Å². The Hall–Kier alpha value is -1.00. The van der Waals surface area contributed by atoms with Gasteiger partial charge in [0, 0.05) is 12.8 Å². The maximum absolute atomic E-state index is 13.1. The van der Waals surface area contributed by atoms with E-state index in [2.05, 4.69) is 0 Å². The van der Waals surface area contributed by atoms with Crippen molar-refractivity contribution in [2.24, 2.45) is 0 Å². The molecule has 0 radical (unpaired) electrons. The smallest absolute Gasteiger partial charge is 0.243 e. The highest BCUT2D eigenvalue weighted by Crippen LogP contribution is 2.30. The number of nitrogens with zero attached hydrogens (tertiary/aromatic N) is 1. The van der Waals surface area contributed by atoms with Crippen LogP contribution in [0.1, 0.15) is 19.3 Å². The summed E-state index contributed by atoms with van der Waals surface area (Å²) in [5, 5.41) is 0. The summed E-state index contributed by atoms with van der Waals surface area (Å²) in [5.74, 6) is 0. The summed E-state index contributed by atoms with van der Waals surface area (Å²) < 4.78 is 61.9. The highest BCUT2D eigenvalue weighted by Gasteiger charge is 2.40. The number of sulfone groups is 1. The minimum Gasteiger partial charge on any atom is -0.349 e. The third-order valence-corrected chi connectivity index (χ3v) is 7.33. The summed E-state index contributed by atoms with van der Waals surface area (Å²) in [4.78, 5) is -0.0270. The molecular formula is C15H21NO6S2. The van der Waals surface area contributed by atoms with Gasteiger partial charge in [0.05, 0.1) is 29.0 Å². The first-order valence-corrected chi connectivity index (χ1v) is 11.2. The Bertz CT molecular complexity index is 799. The van der Waals surface area contributed by atoms with Gasteiger partial charge in [-0.15, -0.1) is 0 Å². The fourth-order valence-corrected chi connectivity index (χ4v) is 5.57. The van der Waals surface area contributed by atoms with Crippen LogP contribution in [0.4, 0.5) is 0 Å². The van der Waals surface area contributed by atoms with Crippen LogP contribution in [0.25, 0.3) is 0 Å². The maximum atomic E-state index is 13.1. The average molecular weight is 375 g/mol. The standard InChI is InChI=1S/C15H21NO6S2/c1-23(17,18)12-5-4-6-13(11-12)24(19,20)16-8-3-2-7-14(16)15-21-9-10-22-15/h4-6,11,14-15H,2-3,7-10H2,1H3/t14-/m1/s1.